The van der Waals surface area contributed by atoms with Gasteiger partial charge < -0.3 is 20.3 Å². The van der Waals surface area contributed by atoms with Gasteiger partial charge in [0.25, 0.3) is 5.91 Å². The number of carbonyl (C=O) groups is 2. The molecule has 3 unspecified atom stereocenters. The van der Waals surface area contributed by atoms with Crippen molar-refractivity contribution in [2.45, 2.75) is 51.5 Å². The van der Waals surface area contributed by atoms with Gasteiger partial charge in [0.1, 0.15) is 0 Å². The molecule has 0 saturated carbocycles. The number of ether oxygens (including phenoxy) is 1. The number of amides is 2. The van der Waals surface area contributed by atoms with Crippen molar-refractivity contribution < 1.29 is 14.3 Å². The summed E-state index contributed by atoms with van der Waals surface area (Å²) >= 11 is 0. The molecule has 0 radical (unpaired) electrons. The molecule has 136 valence electrons. The zero-order valence-electron chi connectivity index (χ0n) is 15.0. The third kappa shape index (κ3) is 4.58. The molecule has 6 nitrogen and oxygen atoms in total. The van der Waals surface area contributed by atoms with E-state index in [-0.39, 0.29) is 30.1 Å². The van der Waals surface area contributed by atoms with Crippen LogP contribution in [0.25, 0.3) is 0 Å². The number of nitrogens with one attached hydrogen (secondary N) is 2. The lowest BCUT2D eigenvalue weighted by Crippen LogP contribution is -2.48. The SMILES string of the molecule is CC1CN(C(=O)c2ccc(CNC(=O)C3CCCN3)cc2)CC(C)O1. The Morgan fingerprint density at radius 2 is 1.88 bits per heavy atom. The summed E-state index contributed by atoms with van der Waals surface area (Å²) in [6.07, 6.45) is 2.07. The average Bonchev–Trinajstić information content (AvgIpc) is 3.13. The van der Waals surface area contributed by atoms with Gasteiger partial charge in [0.15, 0.2) is 0 Å². The van der Waals surface area contributed by atoms with Crippen LogP contribution < -0.4 is 10.6 Å². The summed E-state index contributed by atoms with van der Waals surface area (Å²) in [6, 6.07) is 7.42. The minimum absolute atomic E-state index is 0.0349. The molecule has 3 atom stereocenters. The summed E-state index contributed by atoms with van der Waals surface area (Å²) in [4.78, 5) is 26.5. The summed E-state index contributed by atoms with van der Waals surface area (Å²) in [5.41, 5.74) is 1.67. The standard InChI is InChI=1S/C19H27N3O3/c1-13-11-22(12-14(2)25-13)19(24)16-7-5-15(6-8-16)10-21-18(23)17-4-3-9-20-17/h5-8,13-14,17,20H,3-4,9-12H2,1-2H3,(H,21,23). The molecule has 2 amide bonds. The smallest absolute Gasteiger partial charge is 0.254 e. The molecule has 0 spiro atoms. The molecule has 0 aliphatic carbocycles. The van der Waals surface area contributed by atoms with Gasteiger partial charge in [0.05, 0.1) is 18.2 Å². The third-order valence-corrected chi connectivity index (χ3v) is 4.75. The Labute approximate surface area is 148 Å². The van der Waals surface area contributed by atoms with Gasteiger partial charge in [-0.1, -0.05) is 12.1 Å². The fourth-order valence-electron chi connectivity index (χ4n) is 3.51. The largest absolute Gasteiger partial charge is 0.372 e. The van der Waals surface area contributed by atoms with Crippen molar-refractivity contribution in [3.05, 3.63) is 35.4 Å². The second-order valence-electron chi connectivity index (χ2n) is 7.03. The quantitative estimate of drug-likeness (QED) is 0.863. The Balaban J connectivity index is 1.54. The fourth-order valence-corrected chi connectivity index (χ4v) is 3.51. The topological polar surface area (TPSA) is 70.7 Å². The second-order valence-corrected chi connectivity index (χ2v) is 7.03. The lowest BCUT2D eigenvalue weighted by molar-refractivity contribution is -0.122. The molecule has 2 heterocycles. The first kappa shape index (κ1) is 17.9. The van der Waals surface area contributed by atoms with Crippen molar-refractivity contribution >= 4 is 11.8 Å². The van der Waals surface area contributed by atoms with Crippen LogP contribution in [0.1, 0.15) is 42.6 Å². The molecule has 25 heavy (non-hydrogen) atoms. The molecule has 2 fully saturated rings. The Morgan fingerprint density at radius 3 is 2.48 bits per heavy atom. The van der Waals surface area contributed by atoms with Crippen molar-refractivity contribution in [3.63, 3.8) is 0 Å². The Kier molecular flexibility index (Phi) is 5.71. The van der Waals surface area contributed by atoms with E-state index in [1.165, 1.54) is 0 Å². The molecule has 2 N–H and O–H groups in total. The van der Waals surface area contributed by atoms with Crippen molar-refractivity contribution in [1.29, 1.82) is 0 Å². The first-order valence-electron chi connectivity index (χ1n) is 9.07. The predicted molar refractivity (Wildman–Crippen MR) is 95.2 cm³/mol. The minimum Gasteiger partial charge on any atom is -0.372 e. The van der Waals surface area contributed by atoms with E-state index in [9.17, 15) is 9.59 Å². The van der Waals surface area contributed by atoms with Crippen LogP contribution in [0.15, 0.2) is 24.3 Å². The summed E-state index contributed by atoms with van der Waals surface area (Å²) in [7, 11) is 0. The van der Waals surface area contributed by atoms with E-state index in [1.54, 1.807) is 0 Å². The number of hydrogen-bond acceptors (Lipinski definition) is 4. The van der Waals surface area contributed by atoms with Crippen LogP contribution in [0.3, 0.4) is 0 Å². The van der Waals surface area contributed by atoms with Crippen molar-refractivity contribution in [3.8, 4) is 0 Å². The maximum Gasteiger partial charge on any atom is 0.254 e. The van der Waals surface area contributed by atoms with E-state index in [4.69, 9.17) is 4.74 Å². The van der Waals surface area contributed by atoms with Crippen LogP contribution in [-0.4, -0.2) is 54.6 Å². The lowest BCUT2D eigenvalue weighted by atomic mass is 10.1. The van der Waals surface area contributed by atoms with Crippen LogP contribution >= 0.6 is 0 Å². The fraction of sp³-hybridized carbons (Fsp3) is 0.579. The van der Waals surface area contributed by atoms with Crippen molar-refractivity contribution in [2.24, 2.45) is 0 Å². The van der Waals surface area contributed by atoms with E-state index < -0.39 is 0 Å². The van der Waals surface area contributed by atoms with Gasteiger partial charge >= 0.3 is 0 Å². The highest BCUT2D eigenvalue weighted by molar-refractivity contribution is 5.94. The van der Waals surface area contributed by atoms with Gasteiger partial charge in [0, 0.05) is 25.2 Å². The van der Waals surface area contributed by atoms with Gasteiger partial charge in [-0.05, 0) is 50.9 Å². The van der Waals surface area contributed by atoms with E-state index in [2.05, 4.69) is 10.6 Å². The van der Waals surface area contributed by atoms with Gasteiger partial charge in [-0.25, -0.2) is 0 Å². The maximum absolute atomic E-state index is 12.6. The van der Waals surface area contributed by atoms with Crippen molar-refractivity contribution in [2.75, 3.05) is 19.6 Å². The van der Waals surface area contributed by atoms with Crippen LogP contribution in [0, 0.1) is 0 Å². The number of nitrogens with zero attached hydrogens (tertiary/aromatic N) is 1. The summed E-state index contributed by atoms with van der Waals surface area (Å²) in [5.74, 6) is 0.0849. The first-order chi connectivity index (χ1) is 12.0. The zero-order valence-corrected chi connectivity index (χ0v) is 15.0. The molecule has 0 bridgehead atoms. The van der Waals surface area contributed by atoms with E-state index in [0.29, 0.717) is 25.2 Å². The molecule has 1 aromatic rings. The van der Waals surface area contributed by atoms with Gasteiger partial charge in [0.2, 0.25) is 5.91 Å². The molecule has 2 aliphatic rings. The van der Waals surface area contributed by atoms with E-state index in [1.807, 2.05) is 43.0 Å². The highest BCUT2D eigenvalue weighted by Crippen LogP contribution is 2.15. The molecule has 1 aromatic carbocycles. The van der Waals surface area contributed by atoms with Crippen molar-refractivity contribution in [1.82, 2.24) is 15.5 Å². The normalized spacial score (nSPS) is 26.5. The first-order valence-corrected chi connectivity index (χ1v) is 9.07. The molecule has 0 aromatic heterocycles. The Hall–Kier alpha value is -1.92. The lowest BCUT2D eigenvalue weighted by Gasteiger charge is -2.35. The number of benzene rings is 1. The third-order valence-electron chi connectivity index (χ3n) is 4.75. The number of carbonyl (C=O) groups excluding carboxylic acids is 2. The molecule has 2 saturated heterocycles. The van der Waals surface area contributed by atoms with Gasteiger partial charge in [-0.2, -0.15) is 0 Å². The number of morpholine rings is 1. The van der Waals surface area contributed by atoms with Crippen LogP contribution in [-0.2, 0) is 16.1 Å². The van der Waals surface area contributed by atoms with Crippen LogP contribution in [0.4, 0.5) is 0 Å². The highest BCUT2D eigenvalue weighted by atomic mass is 16.5. The predicted octanol–water partition coefficient (Wildman–Crippen LogP) is 1.30. The van der Waals surface area contributed by atoms with Gasteiger partial charge in [-0.15, -0.1) is 0 Å². The molecule has 2 aliphatic heterocycles. The highest BCUT2D eigenvalue weighted by Gasteiger charge is 2.26. The molecule has 6 heteroatoms. The Bertz CT molecular complexity index is 601. The van der Waals surface area contributed by atoms with Gasteiger partial charge in [-0.3, -0.25) is 9.59 Å². The molecular formula is C19H27N3O3. The number of hydrogen-bond donors (Lipinski definition) is 2. The minimum atomic E-state index is -0.0637. The molecular weight excluding hydrogens is 318 g/mol. The average molecular weight is 345 g/mol. The zero-order chi connectivity index (χ0) is 17.8. The maximum atomic E-state index is 12.6. The van der Waals surface area contributed by atoms with Crippen LogP contribution in [0.2, 0.25) is 0 Å². The Morgan fingerprint density at radius 1 is 1.20 bits per heavy atom. The summed E-state index contributed by atoms with van der Waals surface area (Å²) < 4.78 is 5.68. The van der Waals surface area contributed by atoms with Crippen LogP contribution in [0.5, 0.6) is 0 Å². The number of rotatable bonds is 4. The molecule has 3 rings (SSSR count). The van der Waals surface area contributed by atoms with E-state index in [0.717, 1.165) is 24.9 Å². The summed E-state index contributed by atoms with van der Waals surface area (Å²) in [6.45, 7) is 6.61. The second kappa shape index (κ2) is 7.97. The van der Waals surface area contributed by atoms with E-state index >= 15 is 0 Å². The monoisotopic (exact) mass is 345 g/mol. The summed E-state index contributed by atoms with van der Waals surface area (Å²) in [5, 5.41) is 6.14.